The normalized spacial score (nSPS) is 15.5. The number of carbonyl (C=O) groups excluding carboxylic acids is 1. The molecular formula is C24H23N7O4. The maximum Gasteiger partial charge on any atom is 0.275 e. The fourth-order valence-corrected chi connectivity index (χ4v) is 3.78. The van der Waals surface area contributed by atoms with E-state index in [1.165, 1.54) is 6.20 Å². The van der Waals surface area contributed by atoms with E-state index in [2.05, 4.69) is 32.1 Å². The summed E-state index contributed by atoms with van der Waals surface area (Å²) in [7, 11) is 0. The third kappa shape index (κ3) is 4.44. The monoisotopic (exact) mass is 473 g/mol. The van der Waals surface area contributed by atoms with E-state index in [-0.39, 0.29) is 11.9 Å². The first-order valence-electron chi connectivity index (χ1n) is 11.0. The molecule has 1 unspecified atom stereocenters. The van der Waals surface area contributed by atoms with Crippen LogP contribution in [0.5, 0.6) is 0 Å². The summed E-state index contributed by atoms with van der Waals surface area (Å²) in [4.78, 5) is 23.2. The minimum absolute atomic E-state index is 0.0853. The van der Waals surface area contributed by atoms with E-state index < -0.39 is 5.60 Å². The van der Waals surface area contributed by atoms with Crippen LogP contribution < -0.4 is 5.73 Å². The van der Waals surface area contributed by atoms with Crippen molar-refractivity contribution in [3.8, 4) is 17.7 Å². The molecule has 1 saturated heterocycles. The van der Waals surface area contributed by atoms with Gasteiger partial charge in [-0.25, -0.2) is 9.67 Å². The van der Waals surface area contributed by atoms with Crippen molar-refractivity contribution in [3.63, 3.8) is 0 Å². The zero-order valence-corrected chi connectivity index (χ0v) is 19.2. The fraction of sp³-hybridized carbons (Fsp3) is 0.292. The van der Waals surface area contributed by atoms with Crippen molar-refractivity contribution in [2.24, 2.45) is 0 Å². The van der Waals surface area contributed by atoms with Crippen LogP contribution in [-0.2, 0) is 10.3 Å². The second-order valence-electron chi connectivity index (χ2n) is 8.31. The van der Waals surface area contributed by atoms with Crippen molar-refractivity contribution >= 4 is 22.8 Å². The van der Waals surface area contributed by atoms with Gasteiger partial charge in [0.1, 0.15) is 11.5 Å². The van der Waals surface area contributed by atoms with E-state index in [1.54, 1.807) is 53.8 Å². The van der Waals surface area contributed by atoms with Gasteiger partial charge in [-0.3, -0.25) is 4.79 Å². The van der Waals surface area contributed by atoms with Gasteiger partial charge in [0.25, 0.3) is 5.91 Å². The van der Waals surface area contributed by atoms with Gasteiger partial charge in [0.05, 0.1) is 18.7 Å². The molecule has 0 radical (unpaired) electrons. The fourth-order valence-electron chi connectivity index (χ4n) is 3.78. The quantitative estimate of drug-likeness (QED) is 0.422. The Morgan fingerprint density at radius 2 is 2.03 bits per heavy atom. The second-order valence-corrected chi connectivity index (χ2v) is 8.31. The molecule has 5 rings (SSSR count). The molecule has 4 aromatic rings. The van der Waals surface area contributed by atoms with Crippen LogP contribution in [0, 0.1) is 18.8 Å². The number of aryl methyl sites for hydroxylation is 1. The molecule has 11 nitrogen and oxygen atoms in total. The first-order chi connectivity index (χ1) is 16.8. The lowest BCUT2D eigenvalue weighted by Gasteiger charge is -2.26. The number of rotatable bonds is 3. The van der Waals surface area contributed by atoms with Crippen LogP contribution >= 0.6 is 0 Å². The number of anilines is 1. The number of aliphatic hydroxyl groups is 1. The van der Waals surface area contributed by atoms with Gasteiger partial charge >= 0.3 is 0 Å². The zero-order chi connectivity index (χ0) is 24.6. The molecule has 1 fully saturated rings. The third-order valence-corrected chi connectivity index (χ3v) is 5.64. The Hall–Kier alpha value is -4.27. The van der Waals surface area contributed by atoms with E-state index in [9.17, 15) is 9.90 Å². The molecule has 1 aromatic carbocycles. The minimum Gasteiger partial charge on any atom is -0.378 e. The summed E-state index contributed by atoms with van der Waals surface area (Å²) in [5.41, 5.74) is 6.12. The maximum absolute atomic E-state index is 13.3. The van der Waals surface area contributed by atoms with Crippen LogP contribution in [0.4, 0.5) is 5.95 Å². The largest absolute Gasteiger partial charge is 0.378 e. The van der Waals surface area contributed by atoms with E-state index in [0.29, 0.717) is 65.7 Å². The second kappa shape index (κ2) is 8.83. The number of fused-ring (bicyclic) bond motifs is 1. The predicted octanol–water partition coefficient (Wildman–Crippen LogP) is 1.43. The number of ether oxygens (including phenoxy) is 1. The van der Waals surface area contributed by atoms with Gasteiger partial charge in [0, 0.05) is 42.4 Å². The Morgan fingerprint density at radius 1 is 1.23 bits per heavy atom. The van der Waals surface area contributed by atoms with E-state index in [0.717, 1.165) is 0 Å². The summed E-state index contributed by atoms with van der Waals surface area (Å²) in [6.07, 6.45) is 1.52. The Bertz CT molecular complexity index is 1470. The molecule has 3 N–H and O–H groups in total. The molecule has 3 aromatic heterocycles. The molecule has 35 heavy (non-hydrogen) atoms. The molecule has 11 heteroatoms. The van der Waals surface area contributed by atoms with Crippen LogP contribution in [0.1, 0.15) is 34.4 Å². The number of nitrogens with zero attached hydrogens (tertiary/aromatic N) is 6. The van der Waals surface area contributed by atoms with Gasteiger partial charge in [-0.2, -0.15) is 10.1 Å². The van der Waals surface area contributed by atoms with Crippen molar-refractivity contribution in [2.75, 3.05) is 32.0 Å². The molecule has 0 saturated carbocycles. The van der Waals surface area contributed by atoms with Crippen LogP contribution in [-0.4, -0.2) is 67.1 Å². The summed E-state index contributed by atoms with van der Waals surface area (Å²) in [6.45, 7) is 5.24. The SMILES string of the molecule is Cc1cc(C(C)(O)C#Cc2ccc3c(C(=O)N4CCOCC4)nn(-c4ccnc(N)n4)c3c2)no1. The van der Waals surface area contributed by atoms with Crippen LogP contribution in [0.2, 0.25) is 0 Å². The van der Waals surface area contributed by atoms with Gasteiger partial charge < -0.3 is 25.0 Å². The summed E-state index contributed by atoms with van der Waals surface area (Å²) in [6, 6.07) is 8.64. The highest BCUT2D eigenvalue weighted by Gasteiger charge is 2.26. The third-order valence-electron chi connectivity index (χ3n) is 5.64. The molecule has 0 spiro atoms. The topological polar surface area (TPSA) is 145 Å². The lowest BCUT2D eigenvalue weighted by atomic mass is 10.0. The molecule has 1 amide bonds. The first-order valence-corrected chi connectivity index (χ1v) is 11.0. The summed E-state index contributed by atoms with van der Waals surface area (Å²) >= 11 is 0. The highest BCUT2D eigenvalue weighted by molar-refractivity contribution is 6.05. The van der Waals surface area contributed by atoms with Crippen LogP contribution in [0.15, 0.2) is 41.1 Å². The van der Waals surface area contributed by atoms with Crippen LogP contribution in [0.3, 0.4) is 0 Å². The Labute approximate surface area is 200 Å². The number of hydrogen-bond donors (Lipinski definition) is 2. The maximum atomic E-state index is 13.3. The van der Waals surface area contributed by atoms with Gasteiger partial charge in [0.2, 0.25) is 5.95 Å². The summed E-state index contributed by atoms with van der Waals surface area (Å²) in [5, 5.41) is 19.8. The minimum atomic E-state index is -1.51. The van der Waals surface area contributed by atoms with E-state index >= 15 is 0 Å². The smallest absolute Gasteiger partial charge is 0.275 e. The Kier molecular flexibility index (Phi) is 5.68. The molecular weight excluding hydrogens is 450 g/mol. The highest BCUT2D eigenvalue weighted by atomic mass is 16.5. The lowest BCUT2D eigenvalue weighted by Crippen LogP contribution is -2.41. The van der Waals surface area contributed by atoms with Gasteiger partial charge in [-0.1, -0.05) is 17.0 Å². The Morgan fingerprint density at radius 3 is 2.74 bits per heavy atom. The number of aromatic nitrogens is 5. The number of hydrogen-bond acceptors (Lipinski definition) is 9. The van der Waals surface area contributed by atoms with Gasteiger partial charge in [-0.05, 0) is 32.0 Å². The predicted molar refractivity (Wildman–Crippen MR) is 125 cm³/mol. The lowest BCUT2D eigenvalue weighted by molar-refractivity contribution is 0.0300. The van der Waals surface area contributed by atoms with E-state index in [4.69, 9.17) is 15.0 Å². The average molecular weight is 473 g/mol. The van der Waals surface area contributed by atoms with E-state index in [1.807, 2.05) is 0 Å². The molecule has 1 atom stereocenters. The first kappa shape index (κ1) is 22.5. The highest BCUT2D eigenvalue weighted by Crippen LogP contribution is 2.25. The number of nitrogens with two attached hydrogens (primary N) is 1. The van der Waals surface area contributed by atoms with Crippen molar-refractivity contribution in [3.05, 3.63) is 59.2 Å². The Balaban J connectivity index is 1.59. The zero-order valence-electron chi connectivity index (χ0n) is 19.2. The number of morpholine rings is 1. The van der Waals surface area contributed by atoms with Crippen molar-refractivity contribution in [2.45, 2.75) is 19.4 Å². The number of amides is 1. The van der Waals surface area contributed by atoms with Crippen LogP contribution in [0.25, 0.3) is 16.7 Å². The molecule has 1 aliphatic rings. The molecule has 0 aliphatic carbocycles. The van der Waals surface area contributed by atoms with Crippen molar-refractivity contribution in [1.82, 2.24) is 29.8 Å². The molecule has 178 valence electrons. The molecule has 1 aliphatic heterocycles. The summed E-state index contributed by atoms with van der Waals surface area (Å²) in [5.74, 6) is 6.71. The number of benzene rings is 1. The average Bonchev–Trinajstić information content (AvgIpc) is 3.47. The number of nitrogen functional groups attached to an aromatic ring is 1. The molecule has 4 heterocycles. The summed E-state index contributed by atoms with van der Waals surface area (Å²) < 4.78 is 12.0. The number of carbonyl (C=O) groups is 1. The van der Waals surface area contributed by atoms with Gasteiger partial charge in [-0.15, -0.1) is 0 Å². The van der Waals surface area contributed by atoms with Gasteiger partial charge in [0.15, 0.2) is 17.1 Å². The molecule has 0 bridgehead atoms. The standard InChI is InChI=1S/C24H23N7O4/c1-15-13-19(29-35-15)24(2,33)7-5-16-3-4-17-18(14-16)31(20-6-8-26-23(25)27-20)28-21(17)22(32)30-9-11-34-12-10-30/h3-4,6,8,13-14,33H,9-12H2,1-2H3,(H2,25,26,27). The van der Waals surface area contributed by atoms with Crippen molar-refractivity contribution in [1.29, 1.82) is 0 Å². The van der Waals surface area contributed by atoms with Crippen molar-refractivity contribution < 1.29 is 19.2 Å².